The molecule has 2 aromatic rings. The number of piperidine rings is 1. The van der Waals surface area contributed by atoms with Crippen molar-refractivity contribution < 1.29 is 26.4 Å². The predicted molar refractivity (Wildman–Crippen MR) is 124 cm³/mol. The third kappa shape index (κ3) is 6.06. The van der Waals surface area contributed by atoms with Crippen LogP contribution in [0.5, 0.6) is 0 Å². The Bertz CT molecular complexity index is 1230. The van der Waals surface area contributed by atoms with Crippen molar-refractivity contribution in [3.05, 3.63) is 53.6 Å². The van der Waals surface area contributed by atoms with Gasteiger partial charge in [0, 0.05) is 19.1 Å². The van der Waals surface area contributed by atoms with Crippen LogP contribution < -0.4 is 5.32 Å². The summed E-state index contributed by atoms with van der Waals surface area (Å²) in [5.74, 6) is 0. The number of carbonyl (C=O) groups excluding carboxylic acids is 1. The van der Waals surface area contributed by atoms with Gasteiger partial charge in [0.2, 0.25) is 19.9 Å². The number of sulfone groups is 1. The standard InChI is InChI=1S/C22H27ClN2O6S2/c1-22(2,3)31-21(26)24-16-8-7-13-25(15-16)33(29,30)20-14-18(11-12-19(20)23)32(27,28)17-9-5-4-6-10-17/h4-6,9-12,14,16H,7-8,13,15H2,1-3H3,(H,24,26). The largest absolute Gasteiger partial charge is 0.444 e. The summed E-state index contributed by atoms with van der Waals surface area (Å²) < 4.78 is 59.2. The molecule has 0 aliphatic carbocycles. The van der Waals surface area contributed by atoms with E-state index in [0.717, 1.165) is 6.07 Å². The van der Waals surface area contributed by atoms with Crippen LogP contribution in [0.3, 0.4) is 0 Å². The van der Waals surface area contributed by atoms with E-state index in [1.165, 1.54) is 28.6 Å². The number of carbonyl (C=O) groups is 1. The molecule has 2 aromatic carbocycles. The van der Waals surface area contributed by atoms with Crippen LogP contribution in [0.25, 0.3) is 0 Å². The van der Waals surface area contributed by atoms with Crippen molar-refractivity contribution in [3.63, 3.8) is 0 Å². The second kappa shape index (κ2) is 9.61. The lowest BCUT2D eigenvalue weighted by molar-refractivity contribution is 0.0487. The monoisotopic (exact) mass is 514 g/mol. The Morgan fingerprint density at radius 2 is 1.73 bits per heavy atom. The quantitative estimate of drug-likeness (QED) is 0.649. The number of nitrogens with zero attached hydrogens (tertiary/aromatic N) is 1. The van der Waals surface area contributed by atoms with Gasteiger partial charge in [-0.2, -0.15) is 4.31 Å². The van der Waals surface area contributed by atoms with E-state index in [-0.39, 0.29) is 32.8 Å². The summed E-state index contributed by atoms with van der Waals surface area (Å²) in [5, 5.41) is 2.63. The van der Waals surface area contributed by atoms with E-state index in [9.17, 15) is 21.6 Å². The molecule has 1 heterocycles. The smallest absolute Gasteiger partial charge is 0.407 e. The van der Waals surface area contributed by atoms with Crippen LogP contribution in [-0.2, 0) is 24.6 Å². The summed E-state index contributed by atoms with van der Waals surface area (Å²) in [6.07, 6.45) is 0.474. The van der Waals surface area contributed by atoms with E-state index in [4.69, 9.17) is 16.3 Å². The third-order valence-corrected chi connectivity index (χ3v) is 9.10. The summed E-state index contributed by atoms with van der Waals surface area (Å²) in [6.45, 7) is 5.46. The molecule has 1 aliphatic rings. The summed E-state index contributed by atoms with van der Waals surface area (Å²) in [5.41, 5.74) is -0.678. The molecule has 0 bridgehead atoms. The number of ether oxygens (including phenoxy) is 1. The van der Waals surface area contributed by atoms with E-state index in [0.29, 0.717) is 12.8 Å². The first kappa shape index (κ1) is 25.5. The van der Waals surface area contributed by atoms with E-state index in [2.05, 4.69) is 5.32 Å². The lowest BCUT2D eigenvalue weighted by atomic mass is 10.1. The number of hydrogen-bond acceptors (Lipinski definition) is 6. The first-order valence-corrected chi connectivity index (χ1v) is 13.7. The van der Waals surface area contributed by atoms with Gasteiger partial charge in [-0.1, -0.05) is 29.8 Å². The average molecular weight is 515 g/mol. The highest BCUT2D eigenvalue weighted by Gasteiger charge is 2.34. The number of halogens is 1. The molecule has 8 nitrogen and oxygen atoms in total. The van der Waals surface area contributed by atoms with E-state index < -0.39 is 37.6 Å². The second-order valence-corrected chi connectivity index (χ2v) is 13.0. The zero-order valence-corrected chi connectivity index (χ0v) is 21.0. The van der Waals surface area contributed by atoms with Crippen molar-refractivity contribution in [3.8, 4) is 0 Å². The first-order valence-electron chi connectivity index (χ1n) is 10.4. The number of hydrogen-bond donors (Lipinski definition) is 1. The molecule has 1 atom stereocenters. The highest BCUT2D eigenvalue weighted by molar-refractivity contribution is 7.91. The molecule has 1 N–H and O–H groups in total. The van der Waals surface area contributed by atoms with E-state index in [1.54, 1.807) is 39.0 Å². The number of rotatable bonds is 5. The lowest BCUT2D eigenvalue weighted by Crippen LogP contribution is -2.50. The topological polar surface area (TPSA) is 110 Å². The molecule has 0 spiro atoms. The van der Waals surface area contributed by atoms with Crippen molar-refractivity contribution in [1.29, 1.82) is 0 Å². The minimum Gasteiger partial charge on any atom is -0.444 e. The van der Waals surface area contributed by atoms with Crippen molar-refractivity contribution in [2.75, 3.05) is 13.1 Å². The molecule has 3 rings (SSSR count). The molecule has 0 radical (unpaired) electrons. The fraction of sp³-hybridized carbons (Fsp3) is 0.409. The second-order valence-electron chi connectivity index (χ2n) is 8.76. The molecule has 1 saturated heterocycles. The Morgan fingerprint density at radius 1 is 1.06 bits per heavy atom. The zero-order chi connectivity index (χ0) is 24.4. The van der Waals surface area contributed by atoms with Gasteiger partial charge in [-0.15, -0.1) is 0 Å². The molecule has 1 unspecified atom stereocenters. The highest BCUT2D eigenvalue weighted by atomic mass is 35.5. The normalized spacial score (nSPS) is 18.0. The van der Waals surface area contributed by atoms with Crippen LogP contribution in [0.4, 0.5) is 4.79 Å². The fourth-order valence-electron chi connectivity index (χ4n) is 3.48. The Morgan fingerprint density at radius 3 is 2.36 bits per heavy atom. The molecule has 0 aromatic heterocycles. The van der Waals surface area contributed by atoms with Crippen LogP contribution in [-0.4, -0.2) is 52.0 Å². The fourth-order valence-corrected chi connectivity index (χ4v) is 6.88. The molecule has 180 valence electrons. The van der Waals surface area contributed by atoms with E-state index >= 15 is 0 Å². The molecule has 0 saturated carbocycles. The molecule has 1 fully saturated rings. The van der Waals surface area contributed by atoms with Gasteiger partial charge in [0.25, 0.3) is 0 Å². The first-order chi connectivity index (χ1) is 15.3. The number of sulfonamides is 1. The molecule has 1 amide bonds. The summed E-state index contributed by atoms with van der Waals surface area (Å²) in [6, 6.07) is 10.9. The van der Waals surface area contributed by atoms with Crippen molar-refractivity contribution >= 4 is 37.6 Å². The number of benzene rings is 2. The summed E-state index contributed by atoms with van der Waals surface area (Å²) in [7, 11) is -8.05. The molecule has 33 heavy (non-hydrogen) atoms. The Hall–Kier alpha value is -2.14. The summed E-state index contributed by atoms with van der Waals surface area (Å²) in [4.78, 5) is 11.7. The number of alkyl carbamates (subject to hydrolysis) is 1. The Balaban J connectivity index is 1.86. The minimum absolute atomic E-state index is 0.0214. The van der Waals surface area contributed by atoms with Crippen molar-refractivity contribution in [1.82, 2.24) is 9.62 Å². The van der Waals surface area contributed by atoms with Crippen LogP contribution in [0.15, 0.2) is 63.2 Å². The molecule has 11 heteroatoms. The predicted octanol–water partition coefficient (Wildman–Crippen LogP) is 3.85. The Labute approximate surface area is 199 Å². The minimum atomic E-state index is -4.12. The van der Waals surface area contributed by atoms with Crippen LogP contribution >= 0.6 is 11.6 Å². The van der Waals surface area contributed by atoms with Gasteiger partial charge in [0.15, 0.2) is 0 Å². The van der Waals surface area contributed by atoms with Gasteiger partial charge in [-0.3, -0.25) is 0 Å². The Kier molecular flexibility index (Phi) is 7.42. The van der Waals surface area contributed by atoms with Gasteiger partial charge in [-0.25, -0.2) is 21.6 Å². The highest BCUT2D eigenvalue weighted by Crippen LogP contribution is 2.31. The number of amides is 1. The third-order valence-electron chi connectivity index (χ3n) is 4.99. The van der Waals surface area contributed by atoms with Crippen molar-refractivity contribution in [2.24, 2.45) is 0 Å². The zero-order valence-electron chi connectivity index (χ0n) is 18.6. The van der Waals surface area contributed by atoms with Gasteiger partial charge in [-0.05, 0) is 63.9 Å². The van der Waals surface area contributed by atoms with Gasteiger partial charge >= 0.3 is 6.09 Å². The van der Waals surface area contributed by atoms with Gasteiger partial charge in [0.1, 0.15) is 10.5 Å². The summed E-state index contributed by atoms with van der Waals surface area (Å²) >= 11 is 6.20. The van der Waals surface area contributed by atoms with E-state index in [1.807, 2.05) is 0 Å². The lowest BCUT2D eigenvalue weighted by Gasteiger charge is -2.33. The van der Waals surface area contributed by atoms with Crippen LogP contribution in [0.1, 0.15) is 33.6 Å². The number of nitrogens with one attached hydrogen (secondary N) is 1. The average Bonchev–Trinajstić information content (AvgIpc) is 2.73. The van der Waals surface area contributed by atoms with Crippen molar-refractivity contribution in [2.45, 2.75) is 59.9 Å². The van der Waals surface area contributed by atoms with Crippen LogP contribution in [0, 0.1) is 0 Å². The van der Waals surface area contributed by atoms with Gasteiger partial charge in [0.05, 0.1) is 14.8 Å². The molecular weight excluding hydrogens is 488 g/mol. The molecular formula is C22H27ClN2O6S2. The maximum absolute atomic E-state index is 13.4. The maximum Gasteiger partial charge on any atom is 0.407 e. The molecule has 1 aliphatic heterocycles. The SMILES string of the molecule is CC(C)(C)OC(=O)NC1CCCN(S(=O)(=O)c2cc(S(=O)(=O)c3ccccc3)ccc2Cl)C1. The van der Waals surface area contributed by atoms with Crippen LogP contribution in [0.2, 0.25) is 5.02 Å². The maximum atomic E-state index is 13.4. The van der Waals surface area contributed by atoms with Gasteiger partial charge < -0.3 is 10.1 Å².